The second-order valence-corrected chi connectivity index (χ2v) is 5.07. The number of rotatable bonds is 4. The molecule has 23 heavy (non-hydrogen) atoms. The van der Waals surface area contributed by atoms with Gasteiger partial charge in [-0.1, -0.05) is 19.0 Å². The highest BCUT2D eigenvalue weighted by Crippen LogP contribution is 2.41. The highest BCUT2D eigenvalue weighted by atomic mass is 19.4. The number of benzene rings is 1. The molecule has 0 radical (unpaired) electrons. The number of halogens is 3. The zero-order valence-electron chi connectivity index (χ0n) is 12.0. The number of hydrogen-bond donors (Lipinski definition) is 0. The minimum Gasteiger partial charge on any atom is -0.364 e. The zero-order valence-corrected chi connectivity index (χ0v) is 12.0. The average molecular weight is 328 g/mol. The molecule has 0 saturated heterocycles. The number of ketones is 1. The van der Waals surface area contributed by atoms with Gasteiger partial charge in [0.15, 0.2) is 0 Å². The topological polar surface area (TPSA) is 86.2 Å². The van der Waals surface area contributed by atoms with Crippen LogP contribution in [-0.4, -0.2) is 15.9 Å². The van der Waals surface area contributed by atoms with Crippen LogP contribution in [0.1, 0.15) is 46.8 Å². The molecule has 1 aromatic carbocycles. The third-order valence-electron chi connectivity index (χ3n) is 3.22. The van der Waals surface area contributed by atoms with E-state index in [4.69, 9.17) is 0 Å². The van der Waals surface area contributed by atoms with Gasteiger partial charge in [-0.25, -0.2) is 0 Å². The van der Waals surface area contributed by atoms with Gasteiger partial charge in [0.05, 0.1) is 22.2 Å². The lowest BCUT2D eigenvalue weighted by Gasteiger charge is -2.17. The molecule has 0 fully saturated rings. The van der Waals surface area contributed by atoms with Crippen molar-refractivity contribution < 1.29 is 27.4 Å². The summed E-state index contributed by atoms with van der Waals surface area (Å²) in [5.41, 5.74) is -3.01. The van der Waals surface area contributed by atoms with Crippen molar-refractivity contribution in [3.05, 3.63) is 57.0 Å². The Hall–Kier alpha value is -2.71. The molecular weight excluding hydrogens is 317 g/mol. The summed E-state index contributed by atoms with van der Waals surface area (Å²) in [6.45, 7) is 2.79. The van der Waals surface area contributed by atoms with Crippen LogP contribution < -0.4 is 0 Å². The van der Waals surface area contributed by atoms with E-state index in [-0.39, 0.29) is 5.56 Å². The minimum absolute atomic E-state index is 0.0810. The van der Waals surface area contributed by atoms with Gasteiger partial charge in [0.2, 0.25) is 5.78 Å². The number of aromatic nitrogens is 1. The van der Waals surface area contributed by atoms with E-state index in [1.54, 1.807) is 0 Å². The third kappa shape index (κ3) is 3.08. The first-order chi connectivity index (χ1) is 10.6. The second-order valence-electron chi connectivity index (χ2n) is 5.07. The monoisotopic (exact) mass is 328 g/mol. The molecule has 1 heterocycles. The summed E-state index contributed by atoms with van der Waals surface area (Å²) >= 11 is 0. The molecule has 0 bridgehead atoms. The molecule has 0 atom stereocenters. The molecule has 1 aromatic heterocycles. The number of hydrogen-bond acceptors (Lipinski definition) is 5. The van der Waals surface area contributed by atoms with Crippen LogP contribution in [0, 0.1) is 10.1 Å². The van der Waals surface area contributed by atoms with Gasteiger partial charge in [0.1, 0.15) is 11.8 Å². The van der Waals surface area contributed by atoms with Gasteiger partial charge in [-0.3, -0.25) is 14.9 Å². The van der Waals surface area contributed by atoms with E-state index >= 15 is 0 Å². The summed E-state index contributed by atoms with van der Waals surface area (Å²) in [7, 11) is 0. The lowest BCUT2D eigenvalue weighted by molar-refractivity contribution is -0.386. The fourth-order valence-electron chi connectivity index (χ4n) is 2.29. The van der Waals surface area contributed by atoms with Gasteiger partial charge in [0, 0.05) is 5.56 Å². The van der Waals surface area contributed by atoms with E-state index in [0.717, 1.165) is 18.5 Å². The van der Waals surface area contributed by atoms with Crippen LogP contribution in [0.15, 0.2) is 29.1 Å². The Morgan fingerprint density at radius 2 is 2.00 bits per heavy atom. The van der Waals surface area contributed by atoms with Crippen molar-refractivity contribution in [2.24, 2.45) is 0 Å². The van der Waals surface area contributed by atoms with Crippen LogP contribution >= 0.6 is 0 Å². The lowest BCUT2D eigenvalue weighted by Crippen LogP contribution is -2.15. The Kier molecular flexibility index (Phi) is 4.22. The Morgan fingerprint density at radius 3 is 2.43 bits per heavy atom. The van der Waals surface area contributed by atoms with Crippen molar-refractivity contribution >= 4 is 11.5 Å². The van der Waals surface area contributed by atoms with Crippen molar-refractivity contribution in [3.8, 4) is 0 Å². The Balaban J connectivity index is 2.78. The van der Waals surface area contributed by atoms with Gasteiger partial charge in [-0.2, -0.15) is 13.2 Å². The lowest BCUT2D eigenvalue weighted by atomic mass is 9.90. The Labute approximate surface area is 128 Å². The molecule has 0 aliphatic carbocycles. The van der Waals surface area contributed by atoms with Crippen molar-refractivity contribution in [1.82, 2.24) is 5.16 Å². The molecule has 0 aliphatic heterocycles. The number of carbonyl (C=O) groups excluding carboxylic acids is 1. The highest BCUT2D eigenvalue weighted by Gasteiger charge is 2.40. The molecule has 6 nitrogen and oxygen atoms in total. The predicted molar refractivity (Wildman–Crippen MR) is 72.1 cm³/mol. The van der Waals surface area contributed by atoms with Gasteiger partial charge in [-0.05, 0) is 18.1 Å². The van der Waals surface area contributed by atoms with Crippen molar-refractivity contribution in [2.75, 3.05) is 0 Å². The number of nitrogens with zero attached hydrogens (tertiary/aromatic N) is 2. The van der Waals surface area contributed by atoms with Gasteiger partial charge in [-0.15, -0.1) is 0 Å². The van der Waals surface area contributed by atoms with Crippen molar-refractivity contribution in [3.63, 3.8) is 0 Å². The van der Waals surface area contributed by atoms with Crippen LogP contribution in [0.3, 0.4) is 0 Å². The number of alkyl halides is 3. The molecule has 0 amide bonds. The first kappa shape index (κ1) is 16.7. The van der Waals surface area contributed by atoms with E-state index in [0.29, 0.717) is 6.07 Å². The molecule has 0 aliphatic rings. The molecule has 2 rings (SSSR count). The Morgan fingerprint density at radius 1 is 1.35 bits per heavy atom. The largest absolute Gasteiger partial charge is 0.416 e. The van der Waals surface area contributed by atoms with Crippen LogP contribution in [0.2, 0.25) is 0 Å². The second kappa shape index (κ2) is 5.82. The molecule has 9 heteroatoms. The minimum atomic E-state index is -4.76. The molecule has 0 spiro atoms. The SMILES string of the molecule is CC(C)c1c(C(F)(F)F)ccc(C(=O)c2cnoc2)c1[N+](=O)[O-]. The highest BCUT2D eigenvalue weighted by molar-refractivity contribution is 6.11. The normalized spacial score (nSPS) is 11.7. The van der Waals surface area contributed by atoms with E-state index in [1.165, 1.54) is 13.8 Å². The van der Waals surface area contributed by atoms with E-state index in [9.17, 15) is 28.1 Å². The molecule has 122 valence electrons. The van der Waals surface area contributed by atoms with Crippen molar-refractivity contribution in [1.29, 1.82) is 0 Å². The molecule has 2 aromatic rings. The van der Waals surface area contributed by atoms with Gasteiger partial charge in [0.25, 0.3) is 5.69 Å². The Bertz CT molecular complexity index is 752. The van der Waals surface area contributed by atoms with Gasteiger partial charge < -0.3 is 4.52 Å². The maximum absolute atomic E-state index is 13.1. The van der Waals surface area contributed by atoms with Crippen LogP contribution in [-0.2, 0) is 6.18 Å². The summed E-state index contributed by atoms with van der Waals surface area (Å²) in [5.74, 6) is -1.63. The van der Waals surface area contributed by atoms with E-state index in [1.807, 2.05) is 0 Å². The van der Waals surface area contributed by atoms with Crippen LogP contribution in [0.25, 0.3) is 0 Å². The maximum Gasteiger partial charge on any atom is 0.416 e. The third-order valence-corrected chi connectivity index (χ3v) is 3.22. The van der Waals surface area contributed by atoms with E-state index in [2.05, 4.69) is 9.68 Å². The smallest absolute Gasteiger partial charge is 0.364 e. The van der Waals surface area contributed by atoms with Gasteiger partial charge >= 0.3 is 6.18 Å². The quantitative estimate of drug-likeness (QED) is 0.482. The zero-order chi connectivity index (χ0) is 17.4. The number of carbonyl (C=O) groups is 1. The molecule has 0 saturated carbocycles. The summed E-state index contributed by atoms with van der Waals surface area (Å²) in [6, 6.07) is 1.49. The summed E-state index contributed by atoms with van der Waals surface area (Å²) in [4.78, 5) is 22.7. The average Bonchev–Trinajstić information content (AvgIpc) is 2.97. The first-order valence-electron chi connectivity index (χ1n) is 6.47. The fraction of sp³-hybridized carbons (Fsp3) is 0.286. The van der Waals surface area contributed by atoms with Crippen LogP contribution in [0.4, 0.5) is 18.9 Å². The number of nitro groups is 1. The molecular formula is C14H11F3N2O4. The fourth-order valence-corrected chi connectivity index (χ4v) is 2.29. The maximum atomic E-state index is 13.1. The summed E-state index contributed by atoms with van der Waals surface area (Å²) in [5, 5.41) is 14.7. The summed E-state index contributed by atoms with van der Waals surface area (Å²) < 4.78 is 43.9. The summed E-state index contributed by atoms with van der Waals surface area (Å²) in [6.07, 6.45) is -2.75. The van der Waals surface area contributed by atoms with Crippen molar-refractivity contribution in [2.45, 2.75) is 25.9 Å². The van der Waals surface area contributed by atoms with E-state index < -0.39 is 45.2 Å². The number of nitro benzene ring substituents is 1. The first-order valence-corrected chi connectivity index (χ1v) is 6.47. The van der Waals surface area contributed by atoms with Crippen LogP contribution in [0.5, 0.6) is 0 Å². The standard InChI is InChI=1S/C14H11F3N2O4/c1-7(2)11-10(14(15,16)17)4-3-9(12(11)19(21)22)13(20)8-5-18-23-6-8/h3-7H,1-2H3. The molecule has 0 unspecified atom stereocenters. The predicted octanol–water partition coefficient (Wildman–Crippen LogP) is 3.96. The molecule has 0 N–H and O–H groups in total.